The maximum atomic E-state index is 6.12. The molecule has 0 aliphatic carbocycles. The van der Waals surface area contributed by atoms with Gasteiger partial charge in [-0.25, -0.2) is 0 Å². The highest BCUT2D eigenvalue weighted by Crippen LogP contribution is 2.31. The first-order valence-electron chi connectivity index (χ1n) is 7.65. The second-order valence-electron chi connectivity index (χ2n) is 5.30. The summed E-state index contributed by atoms with van der Waals surface area (Å²) in [6, 6.07) is 5.94. The van der Waals surface area contributed by atoms with Gasteiger partial charge < -0.3 is 11.1 Å². The summed E-state index contributed by atoms with van der Waals surface area (Å²) in [5.41, 5.74) is 11.5. The minimum atomic E-state index is 0.679. The average molecular weight is 339 g/mol. The Bertz CT molecular complexity index is 721. The summed E-state index contributed by atoms with van der Waals surface area (Å²) < 4.78 is 0. The lowest BCUT2D eigenvalue weighted by atomic mass is 10.1. The predicted octanol–water partition coefficient (Wildman–Crippen LogP) is 6.16. The van der Waals surface area contributed by atoms with Crippen LogP contribution in [0.3, 0.4) is 0 Å². The van der Waals surface area contributed by atoms with Crippen LogP contribution < -0.4 is 11.1 Å². The number of hydrogen-bond donors (Lipinski definition) is 2. The van der Waals surface area contributed by atoms with Crippen molar-refractivity contribution >= 4 is 28.0 Å². The number of hydrogen-bond acceptors (Lipinski definition) is 3. The summed E-state index contributed by atoms with van der Waals surface area (Å²) in [5.74, 6) is 0. The molecule has 0 unspecified atom stereocenters. The van der Waals surface area contributed by atoms with Gasteiger partial charge in [-0.05, 0) is 49.4 Å². The van der Waals surface area contributed by atoms with Crippen molar-refractivity contribution in [3.8, 4) is 0 Å². The van der Waals surface area contributed by atoms with E-state index in [0.717, 1.165) is 33.0 Å². The van der Waals surface area contributed by atoms with Gasteiger partial charge in [0.25, 0.3) is 0 Å². The largest absolute Gasteiger partial charge is 0.397 e. The van der Waals surface area contributed by atoms with Crippen LogP contribution in [0.5, 0.6) is 0 Å². The highest BCUT2D eigenvalue weighted by Gasteiger charge is 2.07. The zero-order valence-corrected chi connectivity index (χ0v) is 15.5. The van der Waals surface area contributed by atoms with Crippen LogP contribution in [-0.4, -0.2) is 6.26 Å². The molecule has 0 aromatic heterocycles. The molecular formula is C21H26N2S. The number of thioether (sulfide) groups is 1. The molecule has 1 aromatic rings. The minimum absolute atomic E-state index is 0.679. The van der Waals surface area contributed by atoms with E-state index in [1.54, 1.807) is 17.8 Å². The number of nitrogens with one attached hydrogen (secondary N) is 1. The first kappa shape index (κ1) is 19.7. The Morgan fingerprint density at radius 2 is 1.96 bits per heavy atom. The standard InChI is InChI=1S/C21H26N2S/c1-7-9-21(24-6)18-12-13-19(22)20(14-18)23-16(5)17(8-2)11-10-15(3)4/h7-14,23H,1,3,5,22H2,2,4,6H3/b11-10-,17-8+,21-9-. The summed E-state index contributed by atoms with van der Waals surface area (Å²) in [4.78, 5) is 1.13. The topological polar surface area (TPSA) is 38.0 Å². The van der Waals surface area contributed by atoms with E-state index in [-0.39, 0.29) is 0 Å². The number of benzene rings is 1. The lowest BCUT2D eigenvalue weighted by Crippen LogP contribution is -2.03. The molecule has 126 valence electrons. The number of nitrogens with two attached hydrogens (primary N) is 1. The molecule has 0 aliphatic rings. The molecule has 1 aromatic carbocycles. The smallest absolute Gasteiger partial charge is 0.0624 e. The highest BCUT2D eigenvalue weighted by molar-refractivity contribution is 8.07. The molecule has 0 saturated carbocycles. The Labute approximate surface area is 150 Å². The summed E-state index contributed by atoms with van der Waals surface area (Å²) >= 11 is 1.67. The zero-order chi connectivity index (χ0) is 18.1. The molecule has 3 heteroatoms. The first-order valence-corrected chi connectivity index (χ1v) is 8.88. The average Bonchev–Trinajstić information content (AvgIpc) is 2.55. The van der Waals surface area contributed by atoms with E-state index in [4.69, 9.17) is 5.73 Å². The van der Waals surface area contributed by atoms with Crippen molar-refractivity contribution in [1.29, 1.82) is 0 Å². The van der Waals surface area contributed by atoms with E-state index in [2.05, 4.69) is 25.1 Å². The van der Waals surface area contributed by atoms with Gasteiger partial charge in [0.1, 0.15) is 0 Å². The quantitative estimate of drug-likeness (QED) is 0.440. The highest BCUT2D eigenvalue weighted by atomic mass is 32.2. The van der Waals surface area contributed by atoms with Crippen LogP contribution in [0.15, 0.2) is 85.2 Å². The monoisotopic (exact) mass is 338 g/mol. The lowest BCUT2D eigenvalue weighted by molar-refractivity contribution is 1.40. The van der Waals surface area contributed by atoms with Gasteiger partial charge >= 0.3 is 0 Å². The molecule has 0 spiro atoms. The Morgan fingerprint density at radius 3 is 2.50 bits per heavy atom. The Balaban J connectivity index is 3.10. The third kappa shape index (κ3) is 5.67. The molecule has 0 heterocycles. The first-order chi connectivity index (χ1) is 11.4. The van der Waals surface area contributed by atoms with Gasteiger partial charge in [-0.3, -0.25) is 0 Å². The predicted molar refractivity (Wildman–Crippen MR) is 113 cm³/mol. The fraction of sp³-hybridized carbons (Fsp3) is 0.143. The van der Waals surface area contributed by atoms with Gasteiger partial charge in [-0.15, -0.1) is 11.8 Å². The van der Waals surface area contributed by atoms with Gasteiger partial charge in [0, 0.05) is 10.6 Å². The van der Waals surface area contributed by atoms with E-state index < -0.39 is 0 Å². The minimum Gasteiger partial charge on any atom is -0.397 e. The molecule has 0 atom stereocenters. The van der Waals surface area contributed by atoms with Crippen LogP contribution in [0.25, 0.3) is 4.91 Å². The van der Waals surface area contributed by atoms with Gasteiger partial charge in [0.2, 0.25) is 0 Å². The maximum Gasteiger partial charge on any atom is 0.0624 e. The summed E-state index contributed by atoms with van der Waals surface area (Å²) in [7, 11) is 0. The molecule has 0 saturated heterocycles. The molecule has 0 bridgehead atoms. The van der Waals surface area contributed by atoms with Crippen molar-refractivity contribution in [2.75, 3.05) is 17.3 Å². The van der Waals surface area contributed by atoms with E-state index in [0.29, 0.717) is 5.69 Å². The third-order valence-electron chi connectivity index (χ3n) is 3.32. The summed E-state index contributed by atoms with van der Waals surface area (Å²) in [6.07, 6.45) is 11.8. The van der Waals surface area contributed by atoms with Crippen LogP contribution in [0, 0.1) is 0 Å². The molecule has 1 rings (SSSR count). The second kappa shape index (κ2) is 9.68. The van der Waals surface area contributed by atoms with Crippen molar-refractivity contribution in [3.05, 3.63) is 90.7 Å². The van der Waals surface area contributed by atoms with Gasteiger partial charge in [0.15, 0.2) is 0 Å². The molecule has 0 radical (unpaired) electrons. The van der Waals surface area contributed by atoms with Gasteiger partial charge in [0.05, 0.1) is 11.4 Å². The van der Waals surface area contributed by atoms with Crippen molar-refractivity contribution in [1.82, 2.24) is 0 Å². The van der Waals surface area contributed by atoms with E-state index in [1.165, 1.54) is 0 Å². The Kier molecular flexibility index (Phi) is 7.93. The van der Waals surface area contributed by atoms with Gasteiger partial charge in [-0.2, -0.15) is 0 Å². The number of allylic oxidation sites excluding steroid dienone is 6. The van der Waals surface area contributed by atoms with Crippen molar-refractivity contribution < 1.29 is 0 Å². The molecule has 3 N–H and O–H groups in total. The molecular weight excluding hydrogens is 312 g/mol. The van der Waals surface area contributed by atoms with Crippen LogP contribution >= 0.6 is 11.8 Å². The number of rotatable bonds is 8. The molecule has 2 nitrogen and oxygen atoms in total. The fourth-order valence-corrected chi connectivity index (χ4v) is 2.64. The zero-order valence-electron chi connectivity index (χ0n) is 14.7. The van der Waals surface area contributed by atoms with Crippen LogP contribution in [0.2, 0.25) is 0 Å². The third-order valence-corrected chi connectivity index (χ3v) is 4.13. The molecule has 0 fully saturated rings. The summed E-state index contributed by atoms with van der Waals surface area (Å²) in [5, 5.41) is 3.32. The van der Waals surface area contributed by atoms with Crippen molar-refractivity contribution in [2.45, 2.75) is 13.8 Å². The van der Waals surface area contributed by atoms with Crippen molar-refractivity contribution in [3.63, 3.8) is 0 Å². The van der Waals surface area contributed by atoms with E-state index in [9.17, 15) is 0 Å². The number of anilines is 2. The Hall–Kier alpha value is -2.39. The number of nitrogen functional groups attached to an aromatic ring is 1. The van der Waals surface area contributed by atoms with E-state index in [1.807, 2.05) is 62.6 Å². The molecule has 24 heavy (non-hydrogen) atoms. The fourth-order valence-electron chi connectivity index (χ4n) is 2.04. The maximum absolute atomic E-state index is 6.12. The molecule has 0 amide bonds. The van der Waals surface area contributed by atoms with Crippen LogP contribution in [0.4, 0.5) is 11.4 Å². The second-order valence-corrected chi connectivity index (χ2v) is 6.15. The normalized spacial score (nSPS) is 12.3. The summed E-state index contributed by atoms with van der Waals surface area (Å²) in [6.45, 7) is 15.7. The Morgan fingerprint density at radius 1 is 1.25 bits per heavy atom. The lowest BCUT2D eigenvalue weighted by Gasteiger charge is -2.15. The van der Waals surface area contributed by atoms with E-state index >= 15 is 0 Å². The van der Waals surface area contributed by atoms with Crippen molar-refractivity contribution in [2.24, 2.45) is 0 Å². The molecule has 0 aliphatic heterocycles. The van der Waals surface area contributed by atoms with Gasteiger partial charge in [-0.1, -0.05) is 55.7 Å². The van der Waals surface area contributed by atoms with Crippen LogP contribution in [-0.2, 0) is 0 Å². The van der Waals surface area contributed by atoms with Crippen LogP contribution in [0.1, 0.15) is 19.4 Å². The SMILES string of the molecule is C=C/C=C(\SC)c1ccc(N)c(NC(=C)C(/C=C\C(=C)C)=C/C)c1.